The maximum atomic E-state index is 12.1. The van der Waals surface area contributed by atoms with Gasteiger partial charge in [0.15, 0.2) is 0 Å². The van der Waals surface area contributed by atoms with Crippen LogP contribution in [-0.2, 0) is 4.79 Å². The predicted molar refractivity (Wildman–Crippen MR) is 83.1 cm³/mol. The molecule has 1 fully saturated rings. The lowest BCUT2D eigenvalue weighted by Gasteiger charge is -2.32. The van der Waals surface area contributed by atoms with E-state index in [0.29, 0.717) is 11.8 Å². The molecule has 5 heteroatoms. The van der Waals surface area contributed by atoms with E-state index >= 15 is 0 Å². The number of benzene rings is 1. The molecule has 0 spiro atoms. The predicted octanol–water partition coefficient (Wildman–Crippen LogP) is 2.41. The number of thioether (sulfide) groups is 1. The van der Waals surface area contributed by atoms with Gasteiger partial charge < -0.3 is 10.2 Å². The van der Waals surface area contributed by atoms with Crippen molar-refractivity contribution in [2.24, 2.45) is 0 Å². The Labute approximate surface area is 125 Å². The second kappa shape index (κ2) is 8.46. The quantitative estimate of drug-likeness (QED) is 0.867. The number of hydrogen-bond donors (Lipinski definition) is 1. The molecule has 106 valence electrons. The van der Waals surface area contributed by atoms with E-state index in [0.717, 1.165) is 24.4 Å². The second-order valence-electron chi connectivity index (χ2n) is 4.57. The van der Waals surface area contributed by atoms with Crippen molar-refractivity contribution in [3.63, 3.8) is 0 Å². The number of nitrogens with one attached hydrogen (secondary N) is 1. The van der Waals surface area contributed by atoms with E-state index in [9.17, 15) is 4.79 Å². The van der Waals surface area contributed by atoms with Crippen molar-refractivity contribution in [1.29, 1.82) is 0 Å². The summed E-state index contributed by atoms with van der Waals surface area (Å²) in [4.78, 5) is 15.3. The number of rotatable bonds is 4. The molecule has 19 heavy (non-hydrogen) atoms. The molecule has 1 aliphatic rings. The van der Waals surface area contributed by atoms with Crippen LogP contribution < -0.4 is 5.32 Å². The molecule has 3 nitrogen and oxygen atoms in total. The minimum Gasteiger partial charge on any atom is -0.340 e. The van der Waals surface area contributed by atoms with Gasteiger partial charge in [-0.1, -0.05) is 18.2 Å². The van der Waals surface area contributed by atoms with Crippen molar-refractivity contribution in [3.8, 4) is 0 Å². The lowest BCUT2D eigenvalue weighted by atomic mass is 10.1. The van der Waals surface area contributed by atoms with Crippen LogP contribution in [0.2, 0.25) is 0 Å². The summed E-state index contributed by atoms with van der Waals surface area (Å²) in [7, 11) is 1.97. The van der Waals surface area contributed by atoms with Crippen molar-refractivity contribution in [1.82, 2.24) is 10.2 Å². The average molecular weight is 301 g/mol. The molecule has 1 unspecified atom stereocenters. The first-order valence-corrected chi connectivity index (χ1v) is 7.41. The van der Waals surface area contributed by atoms with Crippen LogP contribution in [-0.4, -0.2) is 42.7 Å². The van der Waals surface area contributed by atoms with E-state index in [4.69, 9.17) is 0 Å². The Hall–Kier alpha value is -0.710. The SMILES string of the molecule is CNC1CCCN(C(=O)CSc2ccccc2)C1.Cl. The molecular weight excluding hydrogens is 280 g/mol. The Bertz CT molecular complexity index is 388. The summed E-state index contributed by atoms with van der Waals surface area (Å²) in [5, 5.41) is 3.26. The molecule has 0 aliphatic carbocycles. The Balaban J connectivity index is 0.00000180. The third-order valence-electron chi connectivity index (χ3n) is 3.29. The first-order valence-electron chi connectivity index (χ1n) is 6.42. The zero-order chi connectivity index (χ0) is 12.8. The number of likely N-dealkylation sites (tertiary alicyclic amines) is 1. The summed E-state index contributed by atoms with van der Waals surface area (Å²) in [6.07, 6.45) is 2.28. The van der Waals surface area contributed by atoms with Crippen molar-refractivity contribution < 1.29 is 4.79 Å². The van der Waals surface area contributed by atoms with Gasteiger partial charge in [-0.15, -0.1) is 24.2 Å². The molecule has 0 radical (unpaired) electrons. The molecule has 0 bridgehead atoms. The zero-order valence-corrected chi connectivity index (χ0v) is 12.8. The number of piperidine rings is 1. The molecule has 1 saturated heterocycles. The van der Waals surface area contributed by atoms with Gasteiger partial charge in [0.05, 0.1) is 5.75 Å². The second-order valence-corrected chi connectivity index (χ2v) is 5.62. The van der Waals surface area contributed by atoms with Crippen LogP contribution in [0.4, 0.5) is 0 Å². The van der Waals surface area contributed by atoms with E-state index in [1.54, 1.807) is 11.8 Å². The van der Waals surface area contributed by atoms with Crippen LogP contribution in [0, 0.1) is 0 Å². The standard InChI is InChI=1S/C14H20N2OS.ClH/c1-15-12-6-5-9-16(10-12)14(17)11-18-13-7-3-2-4-8-13;/h2-4,7-8,12,15H,5-6,9-11H2,1H3;1H. The monoisotopic (exact) mass is 300 g/mol. The lowest BCUT2D eigenvalue weighted by Crippen LogP contribution is -2.47. The van der Waals surface area contributed by atoms with E-state index in [-0.39, 0.29) is 18.3 Å². The number of amides is 1. The summed E-state index contributed by atoms with van der Waals surface area (Å²) in [6.45, 7) is 1.76. The number of carbonyl (C=O) groups excluding carboxylic acids is 1. The maximum Gasteiger partial charge on any atom is 0.232 e. The van der Waals surface area contributed by atoms with Crippen LogP contribution in [0.5, 0.6) is 0 Å². The maximum absolute atomic E-state index is 12.1. The highest BCUT2D eigenvalue weighted by molar-refractivity contribution is 8.00. The number of hydrogen-bond acceptors (Lipinski definition) is 3. The number of likely N-dealkylation sites (N-methyl/N-ethyl adjacent to an activating group) is 1. The van der Waals surface area contributed by atoms with Crippen molar-refractivity contribution in [3.05, 3.63) is 30.3 Å². The molecule has 0 saturated carbocycles. The lowest BCUT2D eigenvalue weighted by molar-refractivity contribution is -0.129. The van der Waals surface area contributed by atoms with E-state index in [1.165, 1.54) is 6.42 Å². The highest BCUT2D eigenvalue weighted by Gasteiger charge is 2.22. The third-order valence-corrected chi connectivity index (χ3v) is 4.28. The molecular formula is C14H21ClN2OS. The smallest absolute Gasteiger partial charge is 0.232 e. The van der Waals surface area contributed by atoms with Crippen molar-refractivity contribution in [2.75, 3.05) is 25.9 Å². The van der Waals surface area contributed by atoms with Gasteiger partial charge in [0.1, 0.15) is 0 Å². The van der Waals surface area contributed by atoms with Gasteiger partial charge in [-0.05, 0) is 32.0 Å². The Morgan fingerprint density at radius 3 is 2.84 bits per heavy atom. The molecule has 1 aliphatic heterocycles. The van der Waals surface area contributed by atoms with Crippen molar-refractivity contribution in [2.45, 2.75) is 23.8 Å². The molecule has 1 atom stereocenters. The first-order chi connectivity index (χ1) is 8.79. The summed E-state index contributed by atoms with van der Waals surface area (Å²) >= 11 is 1.62. The molecule has 0 aromatic heterocycles. The highest BCUT2D eigenvalue weighted by Crippen LogP contribution is 2.18. The van der Waals surface area contributed by atoms with Gasteiger partial charge in [0.2, 0.25) is 5.91 Å². The van der Waals surface area contributed by atoms with Gasteiger partial charge in [0.25, 0.3) is 0 Å². The Morgan fingerprint density at radius 2 is 2.16 bits per heavy atom. The molecule has 1 heterocycles. The summed E-state index contributed by atoms with van der Waals surface area (Å²) in [6, 6.07) is 10.6. The summed E-state index contributed by atoms with van der Waals surface area (Å²) in [5.41, 5.74) is 0. The molecule has 1 aromatic carbocycles. The minimum atomic E-state index is 0. The van der Waals surface area contributed by atoms with Crippen molar-refractivity contribution >= 4 is 30.1 Å². The van der Waals surface area contributed by atoms with E-state index < -0.39 is 0 Å². The molecule has 2 rings (SSSR count). The molecule has 1 aromatic rings. The number of nitrogens with zero attached hydrogens (tertiary/aromatic N) is 1. The fourth-order valence-electron chi connectivity index (χ4n) is 2.19. The fraction of sp³-hybridized carbons (Fsp3) is 0.500. The zero-order valence-electron chi connectivity index (χ0n) is 11.2. The normalized spacial score (nSPS) is 18.8. The van der Waals surface area contributed by atoms with Crippen LogP contribution in [0.1, 0.15) is 12.8 Å². The minimum absolute atomic E-state index is 0. The van der Waals surface area contributed by atoms with Gasteiger partial charge >= 0.3 is 0 Å². The summed E-state index contributed by atoms with van der Waals surface area (Å²) in [5.74, 6) is 0.796. The average Bonchev–Trinajstić information content (AvgIpc) is 2.46. The van der Waals surface area contributed by atoms with E-state index in [2.05, 4.69) is 5.32 Å². The number of halogens is 1. The van der Waals surface area contributed by atoms with Crippen LogP contribution in [0.3, 0.4) is 0 Å². The summed E-state index contributed by atoms with van der Waals surface area (Å²) < 4.78 is 0. The van der Waals surface area contributed by atoms with Gasteiger partial charge in [-0.3, -0.25) is 4.79 Å². The fourth-order valence-corrected chi connectivity index (χ4v) is 3.01. The van der Waals surface area contributed by atoms with E-state index in [1.807, 2.05) is 42.3 Å². The largest absolute Gasteiger partial charge is 0.340 e. The highest BCUT2D eigenvalue weighted by atomic mass is 35.5. The topological polar surface area (TPSA) is 32.3 Å². The van der Waals surface area contributed by atoms with Gasteiger partial charge in [-0.25, -0.2) is 0 Å². The third kappa shape index (κ3) is 5.05. The first kappa shape index (κ1) is 16.3. The Kier molecular flexibility index (Phi) is 7.28. The Morgan fingerprint density at radius 1 is 1.42 bits per heavy atom. The molecule has 1 N–H and O–H groups in total. The van der Waals surface area contributed by atoms with Crippen LogP contribution >= 0.6 is 24.2 Å². The van der Waals surface area contributed by atoms with Gasteiger partial charge in [-0.2, -0.15) is 0 Å². The van der Waals surface area contributed by atoms with Crippen LogP contribution in [0.15, 0.2) is 35.2 Å². The van der Waals surface area contributed by atoms with Crippen LogP contribution in [0.25, 0.3) is 0 Å². The number of carbonyl (C=O) groups is 1. The van der Waals surface area contributed by atoms with Gasteiger partial charge in [0, 0.05) is 24.0 Å². The molecule has 1 amide bonds.